The summed E-state index contributed by atoms with van der Waals surface area (Å²) in [5, 5.41) is 0. The van der Waals surface area contributed by atoms with E-state index in [1.54, 1.807) is 12.1 Å². The van der Waals surface area contributed by atoms with E-state index in [4.69, 9.17) is 4.74 Å². The van der Waals surface area contributed by atoms with Gasteiger partial charge in [-0.25, -0.2) is 13.4 Å². The van der Waals surface area contributed by atoms with Crippen molar-refractivity contribution in [2.24, 2.45) is 0 Å². The molecule has 2 heterocycles. The summed E-state index contributed by atoms with van der Waals surface area (Å²) < 4.78 is 31.1. The second kappa shape index (κ2) is 6.78. The molecular formula is C17H21N3O3S. The molecule has 0 saturated carbocycles. The zero-order valence-electron chi connectivity index (χ0n) is 13.7. The van der Waals surface area contributed by atoms with Crippen LogP contribution in [0.4, 0.5) is 11.6 Å². The van der Waals surface area contributed by atoms with Gasteiger partial charge in [0.15, 0.2) is 0 Å². The Morgan fingerprint density at radius 3 is 2.62 bits per heavy atom. The van der Waals surface area contributed by atoms with Crippen LogP contribution in [0.3, 0.4) is 0 Å². The summed E-state index contributed by atoms with van der Waals surface area (Å²) in [5.74, 6) is 1.05. The molecule has 0 radical (unpaired) electrons. The summed E-state index contributed by atoms with van der Waals surface area (Å²) in [7, 11) is -3.36. The van der Waals surface area contributed by atoms with Gasteiger partial charge in [-0.05, 0) is 24.6 Å². The van der Waals surface area contributed by atoms with E-state index in [2.05, 4.69) is 26.7 Å². The van der Waals surface area contributed by atoms with E-state index in [9.17, 15) is 8.42 Å². The first-order chi connectivity index (χ1) is 11.4. The van der Waals surface area contributed by atoms with Crippen molar-refractivity contribution in [3.8, 4) is 0 Å². The molecule has 1 saturated heterocycles. The first kappa shape index (κ1) is 16.7. The van der Waals surface area contributed by atoms with E-state index in [0.29, 0.717) is 19.0 Å². The van der Waals surface area contributed by atoms with Crippen molar-refractivity contribution in [1.82, 2.24) is 4.98 Å². The fourth-order valence-electron chi connectivity index (χ4n) is 2.84. The topological polar surface area (TPSA) is 71.5 Å². The van der Waals surface area contributed by atoms with Crippen LogP contribution in [0.25, 0.3) is 0 Å². The summed E-state index contributed by atoms with van der Waals surface area (Å²) in [4.78, 5) is 6.64. The Balaban J connectivity index is 1.93. The zero-order valence-corrected chi connectivity index (χ0v) is 14.5. The molecule has 2 unspecified atom stereocenters. The van der Waals surface area contributed by atoms with E-state index >= 15 is 0 Å². The van der Waals surface area contributed by atoms with E-state index in [-0.39, 0.29) is 12.1 Å². The number of sulfonamides is 1. The van der Waals surface area contributed by atoms with E-state index in [1.165, 1.54) is 0 Å². The standard InChI is InChI=1S/C17H21N3O3S/c1-13-11-20(15(12-23-13)14-7-4-3-5-8-14)17-10-6-9-16(18-17)19-24(2,21)22/h3-10,13,15H,11-12H2,1-2H3,(H,18,19). The Hall–Kier alpha value is -2.12. The number of rotatable bonds is 4. The molecule has 2 atom stereocenters. The minimum Gasteiger partial charge on any atom is -0.374 e. The van der Waals surface area contributed by atoms with E-state index < -0.39 is 10.0 Å². The maximum atomic E-state index is 11.4. The second-order valence-corrected chi connectivity index (χ2v) is 7.73. The Kier molecular flexibility index (Phi) is 4.73. The lowest BCUT2D eigenvalue weighted by molar-refractivity contribution is 0.0300. The highest BCUT2D eigenvalue weighted by atomic mass is 32.2. The van der Waals surface area contributed by atoms with Crippen LogP contribution in [0.1, 0.15) is 18.5 Å². The van der Waals surface area contributed by atoms with E-state index in [0.717, 1.165) is 17.6 Å². The van der Waals surface area contributed by atoms with Gasteiger partial charge in [-0.1, -0.05) is 36.4 Å². The third-order valence-electron chi connectivity index (χ3n) is 3.87. The van der Waals surface area contributed by atoms with Crippen LogP contribution in [0.2, 0.25) is 0 Å². The Morgan fingerprint density at radius 1 is 1.17 bits per heavy atom. The third kappa shape index (κ3) is 4.04. The summed E-state index contributed by atoms with van der Waals surface area (Å²) in [6, 6.07) is 15.5. The third-order valence-corrected chi connectivity index (χ3v) is 4.45. The number of morpholine rings is 1. The number of benzene rings is 1. The first-order valence-corrected chi connectivity index (χ1v) is 9.69. The van der Waals surface area contributed by atoms with Crippen LogP contribution in [-0.2, 0) is 14.8 Å². The summed E-state index contributed by atoms with van der Waals surface area (Å²) in [6.07, 6.45) is 1.20. The highest BCUT2D eigenvalue weighted by molar-refractivity contribution is 7.92. The van der Waals surface area contributed by atoms with Gasteiger partial charge in [-0.3, -0.25) is 4.72 Å². The molecule has 1 aliphatic heterocycles. The van der Waals surface area contributed by atoms with Gasteiger partial charge in [0.1, 0.15) is 11.6 Å². The van der Waals surface area contributed by atoms with Crippen LogP contribution in [-0.4, -0.2) is 38.9 Å². The van der Waals surface area contributed by atoms with Gasteiger partial charge in [0.05, 0.1) is 25.0 Å². The van der Waals surface area contributed by atoms with Crippen molar-refractivity contribution in [3.05, 3.63) is 54.1 Å². The Bertz CT molecular complexity index is 796. The summed E-state index contributed by atoms with van der Waals surface area (Å²) in [6.45, 7) is 3.28. The van der Waals surface area contributed by atoms with Crippen molar-refractivity contribution in [1.29, 1.82) is 0 Å². The molecule has 0 amide bonds. The quantitative estimate of drug-likeness (QED) is 0.920. The molecule has 1 fully saturated rings. The predicted octanol–water partition coefficient (Wildman–Crippen LogP) is 2.42. The molecular weight excluding hydrogens is 326 g/mol. The van der Waals surface area contributed by atoms with Crippen molar-refractivity contribution >= 4 is 21.7 Å². The average Bonchev–Trinajstić information content (AvgIpc) is 2.54. The number of ether oxygens (including phenoxy) is 1. The van der Waals surface area contributed by atoms with Crippen LogP contribution in [0.5, 0.6) is 0 Å². The molecule has 2 aromatic rings. The lowest BCUT2D eigenvalue weighted by Crippen LogP contribution is -2.44. The Labute approximate surface area is 142 Å². The van der Waals surface area contributed by atoms with Crippen molar-refractivity contribution in [2.45, 2.75) is 19.1 Å². The molecule has 24 heavy (non-hydrogen) atoms. The fraction of sp³-hybridized carbons (Fsp3) is 0.353. The number of pyridine rings is 1. The first-order valence-electron chi connectivity index (χ1n) is 7.80. The number of anilines is 2. The molecule has 1 aliphatic rings. The van der Waals surface area contributed by atoms with Gasteiger partial charge in [0, 0.05) is 6.54 Å². The van der Waals surface area contributed by atoms with E-state index in [1.807, 2.05) is 31.2 Å². The van der Waals surface area contributed by atoms with Crippen LogP contribution in [0, 0.1) is 0 Å². The normalized spacial score (nSPS) is 21.5. The number of aromatic nitrogens is 1. The summed E-state index contributed by atoms with van der Waals surface area (Å²) in [5.41, 5.74) is 1.15. The highest BCUT2D eigenvalue weighted by Crippen LogP contribution is 2.30. The van der Waals surface area contributed by atoms with Crippen LogP contribution < -0.4 is 9.62 Å². The van der Waals surface area contributed by atoms with Gasteiger partial charge in [-0.15, -0.1) is 0 Å². The molecule has 0 bridgehead atoms. The maximum Gasteiger partial charge on any atom is 0.230 e. The molecule has 3 rings (SSSR count). The minimum atomic E-state index is -3.36. The molecule has 6 nitrogen and oxygen atoms in total. The molecule has 0 spiro atoms. The maximum absolute atomic E-state index is 11.4. The number of nitrogens with zero attached hydrogens (tertiary/aromatic N) is 2. The predicted molar refractivity (Wildman–Crippen MR) is 94.6 cm³/mol. The molecule has 7 heteroatoms. The average molecular weight is 347 g/mol. The van der Waals surface area contributed by atoms with Gasteiger partial charge in [-0.2, -0.15) is 0 Å². The van der Waals surface area contributed by atoms with Gasteiger partial charge >= 0.3 is 0 Å². The Morgan fingerprint density at radius 2 is 1.92 bits per heavy atom. The van der Waals surface area contributed by atoms with Gasteiger partial charge in [0.25, 0.3) is 0 Å². The summed E-state index contributed by atoms with van der Waals surface area (Å²) >= 11 is 0. The molecule has 128 valence electrons. The van der Waals surface area contributed by atoms with Crippen LogP contribution >= 0.6 is 0 Å². The smallest absolute Gasteiger partial charge is 0.230 e. The zero-order chi connectivity index (χ0) is 17.2. The number of nitrogens with one attached hydrogen (secondary N) is 1. The SMILES string of the molecule is CC1CN(c2cccc(NS(C)(=O)=O)n2)C(c2ccccc2)CO1. The monoisotopic (exact) mass is 347 g/mol. The largest absolute Gasteiger partial charge is 0.374 e. The van der Waals surface area contributed by atoms with Crippen molar-refractivity contribution in [3.63, 3.8) is 0 Å². The minimum absolute atomic E-state index is 0.0448. The van der Waals surface area contributed by atoms with Crippen molar-refractivity contribution in [2.75, 3.05) is 29.0 Å². The van der Waals surface area contributed by atoms with Crippen molar-refractivity contribution < 1.29 is 13.2 Å². The molecule has 0 aliphatic carbocycles. The molecule has 1 aromatic carbocycles. The lowest BCUT2D eigenvalue weighted by Gasteiger charge is -2.39. The lowest BCUT2D eigenvalue weighted by atomic mass is 10.0. The highest BCUT2D eigenvalue weighted by Gasteiger charge is 2.29. The molecule has 1 N–H and O–H groups in total. The molecule has 1 aromatic heterocycles. The number of hydrogen-bond donors (Lipinski definition) is 1. The van der Waals surface area contributed by atoms with Crippen LogP contribution in [0.15, 0.2) is 48.5 Å². The number of hydrogen-bond acceptors (Lipinski definition) is 5. The van der Waals surface area contributed by atoms with Gasteiger partial charge < -0.3 is 9.64 Å². The van der Waals surface area contributed by atoms with Gasteiger partial charge in [0.2, 0.25) is 10.0 Å². The fourth-order valence-corrected chi connectivity index (χ4v) is 3.33. The second-order valence-electron chi connectivity index (χ2n) is 5.98.